The van der Waals surface area contributed by atoms with Crippen LogP contribution < -0.4 is 0 Å². The van der Waals surface area contributed by atoms with Gasteiger partial charge in [0.1, 0.15) is 11.3 Å². The summed E-state index contributed by atoms with van der Waals surface area (Å²) in [4.78, 5) is 25.1. The minimum absolute atomic E-state index is 0.103. The Hall–Kier alpha value is -1.92. The van der Waals surface area contributed by atoms with Crippen LogP contribution in [0.1, 0.15) is 34.1 Å². The van der Waals surface area contributed by atoms with E-state index < -0.39 is 23.6 Å². The summed E-state index contributed by atoms with van der Waals surface area (Å²) < 4.78 is 10.1. The summed E-state index contributed by atoms with van der Waals surface area (Å²) >= 11 is 0. The van der Waals surface area contributed by atoms with Gasteiger partial charge in [0, 0.05) is 25.2 Å². The lowest BCUT2D eigenvalue weighted by molar-refractivity contribution is -0.135. The van der Waals surface area contributed by atoms with Crippen molar-refractivity contribution in [2.24, 2.45) is 5.92 Å². The highest BCUT2D eigenvalue weighted by molar-refractivity contribution is 6.40. The van der Waals surface area contributed by atoms with Crippen LogP contribution in [0.25, 0.3) is 0 Å². The largest absolute Gasteiger partial charge is 0.462 e. The molecular formula is C14H23N3O4. The van der Waals surface area contributed by atoms with Gasteiger partial charge in [0.25, 0.3) is 0 Å². The van der Waals surface area contributed by atoms with Crippen molar-refractivity contribution in [1.82, 2.24) is 4.90 Å². The third-order valence-electron chi connectivity index (χ3n) is 2.97. The Balaban J connectivity index is 2.74. The van der Waals surface area contributed by atoms with E-state index in [2.05, 4.69) is 0 Å². The van der Waals surface area contributed by atoms with Gasteiger partial charge in [0.2, 0.25) is 0 Å². The average Bonchev–Trinajstić information content (AvgIpc) is 2.36. The average molecular weight is 297 g/mol. The second kappa shape index (κ2) is 6.69. The number of rotatable bonds is 3. The highest BCUT2D eigenvalue weighted by Crippen LogP contribution is 2.18. The molecule has 118 valence electrons. The normalized spacial score (nSPS) is 19.1. The van der Waals surface area contributed by atoms with E-state index in [4.69, 9.17) is 20.3 Å². The molecule has 7 heteroatoms. The quantitative estimate of drug-likeness (QED) is 0.612. The zero-order valence-electron chi connectivity index (χ0n) is 13.0. The highest BCUT2D eigenvalue weighted by Gasteiger charge is 2.35. The Labute approximate surface area is 124 Å². The van der Waals surface area contributed by atoms with E-state index >= 15 is 0 Å². The Morgan fingerprint density at radius 1 is 1.38 bits per heavy atom. The molecular weight excluding hydrogens is 274 g/mol. The molecule has 0 radical (unpaired) electrons. The molecule has 0 aromatic rings. The number of hydrogen-bond acceptors (Lipinski definition) is 6. The molecule has 1 amide bonds. The van der Waals surface area contributed by atoms with Crippen LogP contribution in [0.2, 0.25) is 0 Å². The SMILES string of the molecule is CCOC(=O)C(=N)C1CN(C(=O)OC(C)(C)C)CCC1=N. The van der Waals surface area contributed by atoms with Crippen LogP contribution >= 0.6 is 0 Å². The van der Waals surface area contributed by atoms with Crippen molar-refractivity contribution >= 4 is 23.5 Å². The number of esters is 1. The van der Waals surface area contributed by atoms with Crippen LogP contribution in [-0.2, 0) is 14.3 Å². The number of piperidine rings is 1. The Morgan fingerprint density at radius 3 is 2.52 bits per heavy atom. The molecule has 7 nitrogen and oxygen atoms in total. The molecule has 1 fully saturated rings. The van der Waals surface area contributed by atoms with Crippen molar-refractivity contribution in [3.8, 4) is 0 Å². The molecule has 0 saturated carbocycles. The fourth-order valence-electron chi connectivity index (χ4n) is 1.96. The van der Waals surface area contributed by atoms with Crippen molar-refractivity contribution in [3.63, 3.8) is 0 Å². The summed E-state index contributed by atoms with van der Waals surface area (Å²) in [5.41, 5.74) is -0.616. The van der Waals surface area contributed by atoms with Crippen molar-refractivity contribution in [1.29, 1.82) is 10.8 Å². The van der Waals surface area contributed by atoms with Crippen molar-refractivity contribution in [3.05, 3.63) is 0 Å². The van der Waals surface area contributed by atoms with Crippen molar-refractivity contribution in [2.75, 3.05) is 19.7 Å². The fraction of sp³-hybridized carbons (Fsp3) is 0.714. The molecule has 2 N–H and O–H groups in total. The molecule has 1 saturated heterocycles. The molecule has 0 bridgehead atoms. The fourth-order valence-corrected chi connectivity index (χ4v) is 1.96. The summed E-state index contributed by atoms with van der Waals surface area (Å²) in [5.74, 6) is -1.45. The second-order valence-electron chi connectivity index (χ2n) is 5.89. The minimum Gasteiger partial charge on any atom is -0.462 e. The summed E-state index contributed by atoms with van der Waals surface area (Å²) in [7, 11) is 0. The molecule has 0 spiro atoms. The van der Waals surface area contributed by atoms with E-state index in [1.54, 1.807) is 27.7 Å². The topological polar surface area (TPSA) is 104 Å². The monoisotopic (exact) mass is 297 g/mol. The van der Waals surface area contributed by atoms with Gasteiger partial charge in [-0.25, -0.2) is 9.59 Å². The third kappa shape index (κ3) is 4.84. The number of hydrogen-bond donors (Lipinski definition) is 2. The number of carbonyl (C=O) groups is 2. The first-order chi connectivity index (χ1) is 9.65. The summed E-state index contributed by atoms with van der Waals surface area (Å²) in [6.45, 7) is 7.62. The van der Waals surface area contributed by atoms with Crippen LogP contribution in [0.15, 0.2) is 0 Å². The maximum atomic E-state index is 12.0. The predicted octanol–water partition coefficient (Wildman–Crippen LogP) is 1.85. The van der Waals surface area contributed by atoms with Gasteiger partial charge in [-0.2, -0.15) is 0 Å². The summed E-state index contributed by atoms with van der Waals surface area (Å²) in [5, 5.41) is 15.7. The number of ether oxygens (including phenoxy) is 2. The van der Waals surface area contributed by atoms with Gasteiger partial charge in [0.15, 0.2) is 0 Å². The van der Waals surface area contributed by atoms with Gasteiger partial charge in [-0.1, -0.05) is 0 Å². The molecule has 1 aliphatic rings. The first-order valence-electron chi connectivity index (χ1n) is 6.96. The van der Waals surface area contributed by atoms with E-state index in [-0.39, 0.29) is 24.6 Å². The summed E-state index contributed by atoms with van der Waals surface area (Å²) in [6, 6.07) is 0. The molecule has 1 rings (SSSR count). The molecule has 1 unspecified atom stereocenters. The van der Waals surface area contributed by atoms with Gasteiger partial charge in [-0.05, 0) is 27.7 Å². The molecule has 21 heavy (non-hydrogen) atoms. The lowest BCUT2D eigenvalue weighted by Gasteiger charge is -2.34. The van der Waals surface area contributed by atoms with Crippen LogP contribution in [0.4, 0.5) is 4.79 Å². The van der Waals surface area contributed by atoms with Crippen LogP contribution in [-0.4, -0.2) is 53.7 Å². The zero-order valence-corrected chi connectivity index (χ0v) is 13.0. The van der Waals surface area contributed by atoms with E-state index in [1.807, 2.05) is 0 Å². The van der Waals surface area contributed by atoms with Crippen molar-refractivity contribution in [2.45, 2.75) is 39.7 Å². The molecule has 1 heterocycles. The molecule has 0 aromatic heterocycles. The van der Waals surface area contributed by atoms with Crippen LogP contribution in [0.5, 0.6) is 0 Å². The van der Waals surface area contributed by atoms with Crippen LogP contribution in [0, 0.1) is 16.7 Å². The number of amides is 1. The van der Waals surface area contributed by atoms with Gasteiger partial charge in [-0.3, -0.25) is 5.41 Å². The lowest BCUT2D eigenvalue weighted by atomic mass is 9.91. The van der Waals surface area contributed by atoms with Gasteiger partial charge >= 0.3 is 12.1 Å². The molecule has 0 aliphatic carbocycles. The standard InChI is InChI=1S/C14H23N3O4/c1-5-20-12(18)11(16)9-8-17(7-6-10(9)15)13(19)21-14(2,3)4/h9,15-16H,5-8H2,1-4H3. The molecule has 0 aromatic carbocycles. The smallest absolute Gasteiger partial charge is 0.410 e. The van der Waals surface area contributed by atoms with Gasteiger partial charge in [-0.15, -0.1) is 0 Å². The molecule has 1 atom stereocenters. The lowest BCUT2D eigenvalue weighted by Crippen LogP contribution is -2.49. The van der Waals surface area contributed by atoms with E-state index in [9.17, 15) is 9.59 Å². The minimum atomic E-state index is -0.738. The third-order valence-corrected chi connectivity index (χ3v) is 2.97. The Bertz CT molecular complexity index is 454. The van der Waals surface area contributed by atoms with E-state index in [0.717, 1.165) is 0 Å². The Kier molecular flexibility index (Phi) is 5.46. The van der Waals surface area contributed by atoms with Crippen molar-refractivity contribution < 1.29 is 19.1 Å². The molecule has 1 aliphatic heterocycles. The second-order valence-corrected chi connectivity index (χ2v) is 5.89. The van der Waals surface area contributed by atoms with Gasteiger partial charge in [0.05, 0.1) is 12.5 Å². The van der Waals surface area contributed by atoms with Crippen LogP contribution in [0.3, 0.4) is 0 Å². The first kappa shape index (κ1) is 17.1. The zero-order chi connectivity index (χ0) is 16.2. The summed E-state index contributed by atoms with van der Waals surface area (Å²) in [6.07, 6.45) is -0.164. The maximum absolute atomic E-state index is 12.0. The highest BCUT2D eigenvalue weighted by atomic mass is 16.6. The van der Waals surface area contributed by atoms with E-state index in [0.29, 0.717) is 13.0 Å². The Morgan fingerprint density at radius 2 is 2.00 bits per heavy atom. The number of nitrogens with one attached hydrogen (secondary N) is 2. The number of nitrogens with zero attached hydrogens (tertiary/aromatic N) is 1. The maximum Gasteiger partial charge on any atom is 0.410 e. The first-order valence-corrected chi connectivity index (χ1v) is 6.96. The van der Waals surface area contributed by atoms with E-state index in [1.165, 1.54) is 4.90 Å². The number of likely N-dealkylation sites (tertiary alicyclic amines) is 1. The van der Waals surface area contributed by atoms with Gasteiger partial charge < -0.3 is 19.8 Å². The predicted molar refractivity (Wildman–Crippen MR) is 78.0 cm³/mol. The number of carbonyl (C=O) groups excluding carboxylic acids is 2.